The van der Waals surface area contributed by atoms with Crippen LogP contribution in [-0.2, 0) is 10.5 Å². The van der Waals surface area contributed by atoms with Crippen molar-refractivity contribution < 1.29 is 9.84 Å². The Bertz CT molecular complexity index is 257. The van der Waals surface area contributed by atoms with Gasteiger partial charge in [-0.05, 0) is 12.5 Å². The minimum absolute atomic E-state index is 0.551. The molecule has 2 heterocycles. The molecule has 4 nitrogen and oxygen atoms in total. The zero-order valence-electron chi connectivity index (χ0n) is 6.60. The maximum atomic E-state index is 9.85. The first-order valence-electron chi connectivity index (χ1n) is 3.94. The fourth-order valence-corrected chi connectivity index (χ4v) is 1.35. The fourth-order valence-electron chi connectivity index (χ4n) is 1.35. The SMILES string of the molecule is OC1(c2ccncn2)CCCO1. The lowest BCUT2D eigenvalue weighted by molar-refractivity contribution is -0.181. The van der Waals surface area contributed by atoms with Gasteiger partial charge in [0.1, 0.15) is 12.0 Å². The molecule has 0 radical (unpaired) electrons. The molecule has 1 N–H and O–H groups in total. The monoisotopic (exact) mass is 166 g/mol. The summed E-state index contributed by atoms with van der Waals surface area (Å²) in [4.78, 5) is 7.72. The second kappa shape index (κ2) is 2.80. The van der Waals surface area contributed by atoms with Crippen LogP contribution in [0.25, 0.3) is 0 Å². The van der Waals surface area contributed by atoms with Crippen molar-refractivity contribution in [3.8, 4) is 0 Å². The minimum Gasteiger partial charge on any atom is -0.361 e. The van der Waals surface area contributed by atoms with Crippen molar-refractivity contribution in [2.24, 2.45) is 0 Å². The van der Waals surface area contributed by atoms with Crippen LogP contribution in [0.3, 0.4) is 0 Å². The van der Waals surface area contributed by atoms with Crippen molar-refractivity contribution in [3.05, 3.63) is 24.3 Å². The average molecular weight is 166 g/mol. The van der Waals surface area contributed by atoms with Crippen LogP contribution in [0, 0.1) is 0 Å². The van der Waals surface area contributed by atoms with E-state index >= 15 is 0 Å². The van der Waals surface area contributed by atoms with E-state index in [1.165, 1.54) is 6.33 Å². The Morgan fingerprint density at radius 1 is 1.58 bits per heavy atom. The van der Waals surface area contributed by atoms with Gasteiger partial charge in [-0.1, -0.05) is 0 Å². The Morgan fingerprint density at radius 3 is 3.08 bits per heavy atom. The maximum Gasteiger partial charge on any atom is 0.209 e. The Kier molecular flexibility index (Phi) is 1.78. The predicted molar refractivity (Wildman–Crippen MR) is 41.1 cm³/mol. The van der Waals surface area contributed by atoms with E-state index in [-0.39, 0.29) is 0 Å². The molecule has 1 aliphatic rings. The summed E-state index contributed by atoms with van der Waals surface area (Å²) in [5, 5.41) is 9.85. The van der Waals surface area contributed by atoms with Crippen LogP contribution >= 0.6 is 0 Å². The van der Waals surface area contributed by atoms with Crippen molar-refractivity contribution in [1.29, 1.82) is 0 Å². The van der Waals surface area contributed by atoms with E-state index in [4.69, 9.17) is 4.74 Å². The minimum atomic E-state index is -1.16. The van der Waals surface area contributed by atoms with E-state index < -0.39 is 5.79 Å². The molecule has 1 fully saturated rings. The first-order chi connectivity index (χ1) is 5.81. The summed E-state index contributed by atoms with van der Waals surface area (Å²) in [5.74, 6) is -1.16. The van der Waals surface area contributed by atoms with Crippen molar-refractivity contribution in [1.82, 2.24) is 9.97 Å². The molecule has 1 aromatic heterocycles. The highest BCUT2D eigenvalue weighted by Crippen LogP contribution is 2.31. The Hall–Kier alpha value is -1.00. The highest BCUT2D eigenvalue weighted by atomic mass is 16.6. The number of aromatic nitrogens is 2. The smallest absolute Gasteiger partial charge is 0.209 e. The number of nitrogens with zero attached hydrogens (tertiary/aromatic N) is 2. The standard InChI is InChI=1S/C8H10N2O2/c11-8(3-1-5-12-8)7-2-4-9-6-10-7/h2,4,6,11H,1,3,5H2. The molecule has 0 bridgehead atoms. The van der Waals surface area contributed by atoms with Gasteiger partial charge in [0, 0.05) is 12.6 Å². The van der Waals surface area contributed by atoms with Gasteiger partial charge in [-0.15, -0.1) is 0 Å². The number of aliphatic hydroxyl groups is 1. The van der Waals surface area contributed by atoms with Crippen LogP contribution in [0.15, 0.2) is 18.6 Å². The lowest BCUT2D eigenvalue weighted by Gasteiger charge is -2.19. The quantitative estimate of drug-likeness (QED) is 0.657. The van der Waals surface area contributed by atoms with Gasteiger partial charge in [0.05, 0.1) is 6.61 Å². The number of ether oxygens (including phenoxy) is 1. The van der Waals surface area contributed by atoms with Crippen molar-refractivity contribution in [3.63, 3.8) is 0 Å². The average Bonchev–Trinajstić information content (AvgIpc) is 2.55. The summed E-state index contributed by atoms with van der Waals surface area (Å²) in [7, 11) is 0. The molecule has 0 amide bonds. The van der Waals surface area contributed by atoms with Crippen LogP contribution in [0.1, 0.15) is 18.5 Å². The van der Waals surface area contributed by atoms with Crippen molar-refractivity contribution in [2.75, 3.05) is 6.61 Å². The van der Waals surface area contributed by atoms with E-state index in [0.29, 0.717) is 18.7 Å². The molecule has 2 rings (SSSR count). The van der Waals surface area contributed by atoms with Crippen LogP contribution in [0.2, 0.25) is 0 Å². The predicted octanol–water partition coefficient (Wildman–Crippen LogP) is 0.432. The van der Waals surface area contributed by atoms with E-state index in [1.807, 2.05) is 0 Å². The molecule has 4 heteroatoms. The topological polar surface area (TPSA) is 55.2 Å². The molecule has 1 aromatic rings. The van der Waals surface area contributed by atoms with Gasteiger partial charge in [0.15, 0.2) is 0 Å². The molecule has 64 valence electrons. The fraction of sp³-hybridized carbons (Fsp3) is 0.500. The summed E-state index contributed by atoms with van der Waals surface area (Å²) in [5.41, 5.74) is 0.551. The lowest BCUT2D eigenvalue weighted by atomic mass is 10.1. The molecule has 0 aromatic carbocycles. The molecule has 1 unspecified atom stereocenters. The molecule has 1 aliphatic heterocycles. The van der Waals surface area contributed by atoms with Gasteiger partial charge >= 0.3 is 0 Å². The Morgan fingerprint density at radius 2 is 2.50 bits per heavy atom. The first kappa shape index (κ1) is 7.64. The molecule has 0 saturated carbocycles. The van der Waals surface area contributed by atoms with Crippen LogP contribution < -0.4 is 0 Å². The summed E-state index contributed by atoms with van der Waals surface area (Å²) < 4.78 is 5.19. The van der Waals surface area contributed by atoms with Gasteiger partial charge in [-0.2, -0.15) is 0 Å². The highest BCUT2D eigenvalue weighted by molar-refractivity contribution is 5.07. The van der Waals surface area contributed by atoms with Gasteiger partial charge in [-0.25, -0.2) is 9.97 Å². The molecule has 12 heavy (non-hydrogen) atoms. The third-order valence-corrected chi connectivity index (χ3v) is 1.98. The van der Waals surface area contributed by atoms with Crippen LogP contribution in [0.5, 0.6) is 0 Å². The summed E-state index contributed by atoms with van der Waals surface area (Å²) >= 11 is 0. The number of hydrogen-bond acceptors (Lipinski definition) is 4. The zero-order chi connectivity index (χ0) is 8.44. The van der Waals surface area contributed by atoms with Crippen molar-refractivity contribution in [2.45, 2.75) is 18.6 Å². The van der Waals surface area contributed by atoms with Gasteiger partial charge < -0.3 is 9.84 Å². The normalized spacial score (nSPS) is 29.1. The van der Waals surface area contributed by atoms with E-state index in [9.17, 15) is 5.11 Å². The van der Waals surface area contributed by atoms with Crippen molar-refractivity contribution >= 4 is 0 Å². The third kappa shape index (κ3) is 1.19. The van der Waals surface area contributed by atoms with E-state index in [0.717, 1.165) is 6.42 Å². The molecule has 0 spiro atoms. The molecule has 0 aliphatic carbocycles. The largest absolute Gasteiger partial charge is 0.361 e. The van der Waals surface area contributed by atoms with Crippen LogP contribution in [0.4, 0.5) is 0 Å². The Labute approximate surface area is 70.2 Å². The van der Waals surface area contributed by atoms with E-state index in [2.05, 4.69) is 9.97 Å². The van der Waals surface area contributed by atoms with Gasteiger partial charge in [0.25, 0.3) is 0 Å². The lowest BCUT2D eigenvalue weighted by Crippen LogP contribution is -2.25. The zero-order valence-corrected chi connectivity index (χ0v) is 6.60. The highest BCUT2D eigenvalue weighted by Gasteiger charge is 2.35. The molecule has 1 saturated heterocycles. The maximum absolute atomic E-state index is 9.85. The van der Waals surface area contributed by atoms with Gasteiger partial charge in [0.2, 0.25) is 5.79 Å². The summed E-state index contributed by atoms with van der Waals surface area (Å²) in [6, 6.07) is 1.67. The summed E-state index contributed by atoms with van der Waals surface area (Å²) in [6.07, 6.45) is 4.50. The van der Waals surface area contributed by atoms with E-state index in [1.54, 1.807) is 12.3 Å². The molecular formula is C8H10N2O2. The van der Waals surface area contributed by atoms with Crippen LogP contribution in [-0.4, -0.2) is 21.7 Å². The van der Waals surface area contributed by atoms with Gasteiger partial charge in [-0.3, -0.25) is 0 Å². The first-order valence-corrected chi connectivity index (χ1v) is 3.94. The third-order valence-electron chi connectivity index (χ3n) is 1.98. The number of rotatable bonds is 1. The number of hydrogen-bond donors (Lipinski definition) is 1. The Balaban J connectivity index is 2.29. The molecule has 1 atom stereocenters. The second-order valence-electron chi connectivity index (χ2n) is 2.83. The second-order valence-corrected chi connectivity index (χ2v) is 2.83. The molecular weight excluding hydrogens is 156 g/mol. The summed E-state index contributed by atoms with van der Waals surface area (Å²) in [6.45, 7) is 0.598.